The summed E-state index contributed by atoms with van der Waals surface area (Å²) in [5.41, 5.74) is 1.70. The minimum absolute atomic E-state index is 0.224. The lowest BCUT2D eigenvalue weighted by Gasteiger charge is -2.15. The lowest BCUT2D eigenvalue weighted by Crippen LogP contribution is -2.13. The fourth-order valence-electron chi connectivity index (χ4n) is 2.91. The molecule has 1 atom stereocenters. The molecule has 6 nitrogen and oxygen atoms in total. The molecule has 0 saturated carbocycles. The number of methoxy groups -OCH3 is 2. The van der Waals surface area contributed by atoms with Crippen LogP contribution in [0.15, 0.2) is 36.4 Å². The van der Waals surface area contributed by atoms with Crippen molar-refractivity contribution in [3.05, 3.63) is 47.5 Å². The number of ether oxygens (including phenoxy) is 4. The number of fused-ring (bicyclic) bond motifs is 1. The van der Waals surface area contributed by atoms with E-state index in [4.69, 9.17) is 18.9 Å². The number of carboxylic acids is 1. The van der Waals surface area contributed by atoms with Crippen molar-refractivity contribution in [3.8, 4) is 23.0 Å². The van der Waals surface area contributed by atoms with E-state index in [1.165, 1.54) is 7.11 Å². The lowest BCUT2D eigenvalue weighted by molar-refractivity contribution is -0.138. The molecule has 0 spiro atoms. The van der Waals surface area contributed by atoms with Crippen molar-refractivity contribution in [2.24, 2.45) is 0 Å². The third kappa shape index (κ3) is 3.63. The van der Waals surface area contributed by atoms with E-state index >= 15 is 0 Å². The van der Waals surface area contributed by atoms with Gasteiger partial charge >= 0.3 is 5.97 Å². The second kappa shape index (κ2) is 7.34. The average molecular weight is 344 g/mol. The molecule has 1 aliphatic rings. The molecule has 132 valence electrons. The molecule has 1 heterocycles. The first-order valence-corrected chi connectivity index (χ1v) is 7.95. The molecule has 2 aromatic carbocycles. The highest BCUT2D eigenvalue weighted by Crippen LogP contribution is 2.35. The van der Waals surface area contributed by atoms with E-state index in [1.54, 1.807) is 25.3 Å². The van der Waals surface area contributed by atoms with E-state index in [2.05, 4.69) is 0 Å². The summed E-state index contributed by atoms with van der Waals surface area (Å²) in [7, 11) is 3.08. The van der Waals surface area contributed by atoms with E-state index < -0.39 is 11.9 Å². The number of hydrogen-bond donors (Lipinski definition) is 1. The summed E-state index contributed by atoms with van der Waals surface area (Å²) in [6, 6.07) is 10.9. The summed E-state index contributed by atoms with van der Waals surface area (Å²) in [6.07, 6.45) is 1.08. The molecule has 1 N–H and O–H groups in total. The number of aliphatic carboxylic acids is 1. The summed E-state index contributed by atoms with van der Waals surface area (Å²) < 4.78 is 21.1. The minimum Gasteiger partial charge on any atom is -0.493 e. The molecule has 0 saturated heterocycles. The van der Waals surface area contributed by atoms with Gasteiger partial charge in [0, 0.05) is 0 Å². The number of aryl methyl sites for hydroxylation is 1. The van der Waals surface area contributed by atoms with Crippen molar-refractivity contribution in [3.63, 3.8) is 0 Å². The molecule has 6 heteroatoms. The van der Waals surface area contributed by atoms with Gasteiger partial charge in [0.05, 0.1) is 20.1 Å². The van der Waals surface area contributed by atoms with Crippen molar-refractivity contribution in [1.82, 2.24) is 0 Å². The van der Waals surface area contributed by atoms with Gasteiger partial charge in [-0.3, -0.25) is 4.79 Å². The van der Waals surface area contributed by atoms with Gasteiger partial charge in [0.15, 0.2) is 23.0 Å². The normalized spacial score (nSPS) is 13.4. The molecule has 0 radical (unpaired) electrons. The van der Waals surface area contributed by atoms with Crippen LogP contribution in [-0.4, -0.2) is 32.1 Å². The maximum Gasteiger partial charge on any atom is 0.310 e. The Labute approximate surface area is 145 Å². The standard InChI is InChI=1S/C19H20O6/c1-22-15-8-5-13(10-17(15)23-2)14(19(20)21)6-3-12-4-7-16-18(9-12)25-11-24-16/h4-5,7-10,14H,3,6,11H2,1-2H3,(H,20,21). The van der Waals surface area contributed by atoms with Crippen molar-refractivity contribution < 1.29 is 28.8 Å². The molecule has 3 rings (SSSR count). The van der Waals surface area contributed by atoms with Crippen LogP contribution in [-0.2, 0) is 11.2 Å². The van der Waals surface area contributed by atoms with Crippen LogP contribution in [0.25, 0.3) is 0 Å². The van der Waals surface area contributed by atoms with Crippen LogP contribution in [0.5, 0.6) is 23.0 Å². The smallest absolute Gasteiger partial charge is 0.310 e. The molecule has 0 bridgehead atoms. The maximum atomic E-state index is 11.7. The highest BCUT2D eigenvalue weighted by molar-refractivity contribution is 5.76. The quantitative estimate of drug-likeness (QED) is 0.831. The van der Waals surface area contributed by atoms with Gasteiger partial charge in [0.1, 0.15) is 0 Å². The summed E-state index contributed by atoms with van der Waals surface area (Å²) in [5.74, 6) is 1.02. The molecule has 0 aliphatic carbocycles. The first-order chi connectivity index (χ1) is 12.1. The van der Waals surface area contributed by atoms with Gasteiger partial charge in [0.25, 0.3) is 0 Å². The molecule has 0 amide bonds. The van der Waals surface area contributed by atoms with Gasteiger partial charge in [-0.1, -0.05) is 12.1 Å². The SMILES string of the molecule is COc1ccc(C(CCc2ccc3c(c2)OCO3)C(=O)O)cc1OC. The van der Waals surface area contributed by atoms with Crippen LogP contribution < -0.4 is 18.9 Å². The highest BCUT2D eigenvalue weighted by Gasteiger charge is 2.22. The fourth-order valence-corrected chi connectivity index (χ4v) is 2.91. The Hall–Kier alpha value is -2.89. The van der Waals surface area contributed by atoms with Gasteiger partial charge in [0.2, 0.25) is 6.79 Å². The summed E-state index contributed by atoms with van der Waals surface area (Å²) in [5, 5.41) is 9.63. The van der Waals surface area contributed by atoms with Gasteiger partial charge in [-0.15, -0.1) is 0 Å². The van der Waals surface area contributed by atoms with Crippen LogP contribution in [0.3, 0.4) is 0 Å². The van der Waals surface area contributed by atoms with Gasteiger partial charge in [-0.05, 0) is 48.2 Å². The predicted octanol–water partition coefficient (Wildman–Crippen LogP) is 3.23. The van der Waals surface area contributed by atoms with Gasteiger partial charge < -0.3 is 24.1 Å². The Balaban J connectivity index is 1.77. The molecule has 0 fully saturated rings. The summed E-state index contributed by atoms with van der Waals surface area (Å²) in [6.45, 7) is 0.224. The zero-order valence-electron chi connectivity index (χ0n) is 14.2. The number of carboxylic acid groups (broad SMARTS) is 1. The van der Waals surface area contributed by atoms with E-state index in [0.29, 0.717) is 35.7 Å². The number of carbonyl (C=O) groups is 1. The van der Waals surface area contributed by atoms with Crippen LogP contribution in [0.2, 0.25) is 0 Å². The van der Waals surface area contributed by atoms with E-state index in [-0.39, 0.29) is 6.79 Å². The van der Waals surface area contributed by atoms with Crippen molar-refractivity contribution in [1.29, 1.82) is 0 Å². The second-order valence-electron chi connectivity index (χ2n) is 5.73. The predicted molar refractivity (Wildman–Crippen MR) is 90.8 cm³/mol. The van der Waals surface area contributed by atoms with Crippen LogP contribution in [0.4, 0.5) is 0 Å². The Morgan fingerprint density at radius 3 is 2.56 bits per heavy atom. The third-order valence-corrected chi connectivity index (χ3v) is 4.27. The average Bonchev–Trinajstić information content (AvgIpc) is 3.09. The fraction of sp³-hybridized carbons (Fsp3) is 0.316. The Kier molecular flexibility index (Phi) is 4.97. The van der Waals surface area contributed by atoms with E-state index in [1.807, 2.05) is 18.2 Å². The summed E-state index contributed by atoms with van der Waals surface area (Å²) in [4.78, 5) is 11.7. The Morgan fingerprint density at radius 1 is 1.08 bits per heavy atom. The van der Waals surface area contributed by atoms with Crippen LogP contribution >= 0.6 is 0 Å². The minimum atomic E-state index is -0.868. The van der Waals surface area contributed by atoms with Gasteiger partial charge in [-0.25, -0.2) is 0 Å². The Bertz CT molecular complexity index is 771. The maximum absolute atomic E-state index is 11.7. The topological polar surface area (TPSA) is 74.2 Å². The number of hydrogen-bond acceptors (Lipinski definition) is 5. The van der Waals surface area contributed by atoms with Crippen molar-refractivity contribution >= 4 is 5.97 Å². The molecular formula is C19H20O6. The zero-order chi connectivity index (χ0) is 17.8. The highest BCUT2D eigenvalue weighted by atomic mass is 16.7. The van der Waals surface area contributed by atoms with Crippen molar-refractivity contribution in [2.45, 2.75) is 18.8 Å². The molecule has 0 aromatic heterocycles. The lowest BCUT2D eigenvalue weighted by atomic mass is 9.92. The Morgan fingerprint density at radius 2 is 1.84 bits per heavy atom. The first-order valence-electron chi connectivity index (χ1n) is 7.95. The zero-order valence-corrected chi connectivity index (χ0v) is 14.2. The first kappa shape index (κ1) is 17.0. The second-order valence-corrected chi connectivity index (χ2v) is 5.73. The van der Waals surface area contributed by atoms with Crippen LogP contribution in [0.1, 0.15) is 23.5 Å². The van der Waals surface area contributed by atoms with E-state index in [9.17, 15) is 9.90 Å². The monoisotopic (exact) mass is 344 g/mol. The molecule has 1 unspecified atom stereocenters. The molecule has 25 heavy (non-hydrogen) atoms. The largest absolute Gasteiger partial charge is 0.493 e. The molecule has 2 aromatic rings. The number of benzene rings is 2. The van der Waals surface area contributed by atoms with E-state index in [0.717, 1.165) is 11.3 Å². The molecule has 1 aliphatic heterocycles. The number of rotatable bonds is 7. The summed E-state index contributed by atoms with van der Waals surface area (Å²) >= 11 is 0. The van der Waals surface area contributed by atoms with Gasteiger partial charge in [-0.2, -0.15) is 0 Å². The third-order valence-electron chi connectivity index (χ3n) is 4.27. The molecular weight excluding hydrogens is 324 g/mol. The van der Waals surface area contributed by atoms with Crippen LogP contribution in [0, 0.1) is 0 Å². The van der Waals surface area contributed by atoms with Crippen molar-refractivity contribution in [2.75, 3.05) is 21.0 Å².